The number of alkyl halides is 1. The maximum atomic E-state index is 11.4. The number of carbonyl (C=O) groups is 1. The van der Waals surface area contributed by atoms with E-state index in [4.69, 9.17) is 4.74 Å². The highest BCUT2D eigenvalue weighted by molar-refractivity contribution is 14.1. The molecule has 0 aliphatic heterocycles. The number of hydrogen-bond donors (Lipinski definition) is 0. The second-order valence-corrected chi connectivity index (χ2v) is 5.36. The Labute approximate surface area is 99.9 Å². The smallest absolute Gasteiger partial charge is 0.306 e. The first-order valence-electron chi connectivity index (χ1n) is 5.44. The lowest BCUT2D eigenvalue weighted by molar-refractivity contribution is -0.161. The van der Waals surface area contributed by atoms with Crippen LogP contribution in [-0.2, 0) is 9.53 Å². The molecule has 0 aromatic heterocycles. The molecule has 3 heteroatoms. The summed E-state index contributed by atoms with van der Waals surface area (Å²) in [4.78, 5) is 11.4. The van der Waals surface area contributed by atoms with Crippen molar-refractivity contribution in [1.82, 2.24) is 0 Å². The fraction of sp³-hybridized carbons (Fsp3) is 0.909. The Hall–Kier alpha value is 0.200. The molecule has 0 aromatic rings. The molecule has 0 bridgehead atoms. The van der Waals surface area contributed by atoms with Gasteiger partial charge in [-0.05, 0) is 39.0 Å². The molecule has 1 fully saturated rings. The molecule has 0 heterocycles. The lowest BCUT2D eigenvalue weighted by atomic mass is 9.86. The van der Waals surface area contributed by atoms with E-state index < -0.39 is 0 Å². The van der Waals surface area contributed by atoms with Crippen LogP contribution in [0.5, 0.6) is 0 Å². The number of halogens is 1. The Kier molecular flexibility index (Phi) is 5.20. The molecule has 1 rings (SSSR count). The highest BCUT2D eigenvalue weighted by Crippen LogP contribution is 2.31. The van der Waals surface area contributed by atoms with Gasteiger partial charge in [0.2, 0.25) is 0 Å². The summed E-state index contributed by atoms with van der Waals surface area (Å²) < 4.78 is 6.57. The molecule has 0 aromatic carbocycles. The van der Waals surface area contributed by atoms with Gasteiger partial charge in [-0.3, -0.25) is 4.79 Å². The second kappa shape index (κ2) is 5.93. The topological polar surface area (TPSA) is 26.3 Å². The van der Waals surface area contributed by atoms with Crippen LogP contribution in [0, 0.1) is 0 Å². The molecule has 14 heavy (non-hydrogen) atoms. The minimum atomic E-state index is -0.152. The fourth-order valence-electron chi connectivity index (χ4n) is 1.94. The van der Waals surface area contributed by atoms with Crippen LogP contribution in [0.2, 0.25) is 0 Å². The number of ether oxygens (including phenoxy) is 1. The van der Waals surface area contributed by atoms with Crippen LogP contribution in [0.25, 0.3) is 0 Å². The van der Waals surface area contributed by atoms with Gasteiger partial charge in [-0.1, -0.05) is 29.0 Å². The van der Waals surface area contributed by atoms with E-state index in [0.29, 0.717) is 6.42 Å². The van der Waals surface area contributed by atoms with Crippen molar-refractivity contribution in [2.24, 2.45) is 0 Å². The first-order chi connectivity index (χ1) is 6.66. The van der Waals surface area contributed by atoms with Crippen molar-refractivity contribution in [3.63, 3.8) is 0 Å². The highest BCUT2D eigenvalue weighted by atomic mass is 127. The molecule has 0 spiro atoms. The van der Waals surface area contributed by atoms with Crippen molar-refractivity contribution in [3.05, 3.63) is 0 Å². The molecule has 1 aliphatic rings. The van der Waals surface area contributed by atoms with Crippen molar-refractivity contribution in [2.45, 2.75) is 57.5 Å². The number of hydrogen-bond acceptors (Lipinski definition) is 2. The standard InChI is InChI=1S/C11H19IO2/c1-11(7-3-2-4-8-11)14-10(13)6-5-9-12/h2-9H2,1H3. The Morgan fingerprint density at radius 2 is 2.00 bits per heavy atom. The van der Waals surface area contributed by atoms with Gasteiger partial charge in [0.15, 0.2) is 0 Å². The maximum Gasteiger partial charge on any atom is 0.306 e. The molecule has 0 N–H and O–H groups in total. The third kappa shape index (κ3) is 4.15. The molecule has 1 aliphatic carbocycles. The summed E-state index contributed by atoms with van der Waals surface area (Å²) in [5.74, 6) is -0.00827. The van der Waals surface area contributed by atoms with Gasteiger partial charge in [0.05, 0.1) is 0 Å². The zero-order chi connectivity index (χ0) is 10.4. The minimum Gasteiger partial charge on any atom is -0.459 e. The molecule has 0 saturated heterocycles. The molecular weight excluding hydrogens is 291 g/mol. The number of carbonyl (C=O) groups excluding carboxylic acids is 1. The Bertz CT molecular complexity index is 186. The largest absolute Gasteiger partial charge is 0.459 e. The fourth-order valence-corrected chi connectivity index (χ4v) is 2.32. The average Bonchev–Trinajstić information content (AvgIpc) is 2.15. The van der Waals surface area contributed by atoms with Gasteiger partial charge in [-0.15, -0.1) is 0 Å². The summed E-state index contributed by atoms with van der Waals surface area (Å²) in [6, 6.07) is 0. The van der Waals surface area contributed by atoms with Gasteiger partial charge in [-0.2, -0.15) is 0 Å². The van der Waals surface area contributed by atoms with Crippen LogP contribution < -0.4 is 0 Å². The van der Waals surface area contributed by atoms with Gasteiger partial charge < -0.3 is 4.74 Å². The van der Waals surface area contributed by atoms with Crippen LogP contribution in [0.4, 0.5) is 0 Å². The monoisotopic (exact) mass is 310 g/mol. The highest BCUT2D eigenvalue weighted by Gasteiger charge is 2.30. The minimum absolute atomic E-state index is 0.00827. The van der Waals surface area contributed by atoms with Gasteiger partial charge >= 0.3 is 5.97 Å². The van der Waals surface area contributed by atoms with E-state index >= 15 is 0 Å². The molecule has 0 unspecified atom stereocenters. The van der Waals surface area contributed by atoms with Crippen LogP contribution >= 0.6 is 22.6 Å². The summed E-state index contributed by atoms with van der Waals surface area (Å²) >= 11 is 2.29. The van der Waals surface area contributed by atoms with Crippen LogP contribution in [0.3, 0.4) is 0 Å². The van der Waals surface area contributed by atoms with Crippen molar-refractivity contribution < 1.29 is 9.53 Å². The van der Waals surface area contributed by atoms with E-state index in [1.54, 1.807) is 0 Å². The van der Waals surface area contributed by atoms with Crippen LogP contribution in [-0.4, -0.2) is 16.0 Å². The van der Waals surface area contributed by atoms with Gasteiger partial charge in [-0.25, -0.2) is 0 Å². The zero-order valence-electron chi connectivity index (χ0n) is 8.85. The van der Waals surface area contributed by atoms with Gasteiger partial charge in [0.25, 0.3) is 0 Å². The molecule has 0 radical (unpaired) electrons. The number of rotatable bonds is 4. The van der Waals surface area contributed by atoms with E-state index in [-0.39, 0.29) is 11.6 Å². The SMILES string of the molecule is CC1(OC(=O)CCCI)CCCCC1. The second-order valence-electron chi connectivity index (χ2n) is 4.28. The Morgan fingerprint density at radius 3 is 2.57 bits per heavy atom. The van der Waals surface area contributed by atoms with Crippen molar-refractivity contribution >= 4 is 28.6 Å². The maximum absolute atomic E-state index is 11.4. The van der Waals surface area contributed by atoms with E-state index in [2.05, 4.69) is 29.5 Å². The summed E-state index contributed by atoms with van der Waals surface area (Å²) in [5, 5.41) is 0. The average molecular weight is 310 g/mol. The predicted octanol–water partition coefficient (Wildman–Crippen LogP) is 3.47. The first-order valence-corrected chi connectivity index (χ1v) is 6.97. The van der Waals surface area contributed by atoms with E-state index in [9.17, 15) is 4.79 Å². The summed E-state index contributed by atoms with van der Waals surface area (Å²) in [7, 11) is 0. The molecule has 0 atom stereocenters. The molecule has 2 nitrogen and oxygen atoms in total. The third-order valence-electron chi connectivity index (χ3n) is 2.79. The van der Waals surface area contributed by atoms with Crippen molar-refractivity contribution in [2.75, 3.05) is 4.43 Å². The van der Waals surface area contributed by atoms with Gasteiger partial charge in [0, 0.05) is 10.8 Å². The zero-order valence-corrected chi connectivity index (χ0v) is 11.0. The first kappa shape index (κ1) is 12.3. The molecule has 0 amide bonds. The van der Waals surface area contributed by atoms with Crippen LogP contribution in [0.15, 0.2) is 0 Å². The van der Waals surface area contributed by atoms with Crippen molar-refractivity contribution in [1.29, 1.82) is 0 Å². The summed E-state index contributed by atoms with van der Waals surface area (Å²) in [6.07, 6.45) is 7.31. The molecule has 82 valence electrons. The van der Waals surface area contributed by atoms with Gasteiger partial charge in [0.1, 0.15) is 5.60 Å². The molecule has 1 saturated carbocycles. The molecular formula is C11H19IO2. The van der Waals surface area contributed by atoms with E-state index in [1.807, 2.05) is 0 Å². The lowest BCUT2D eigenvalue weighted by Crippen LogP contribution is -2.33. The summed E-state index contributed by atoms with van der Waals surface area (Å²) in [5.41, 5.74) is -0.152. The van der Waals surface area contributed by atoms with E-state index in [1.165, 1.54) is 19.3 Å². The lowest BCUT2D eigenvalue weighted by Gasteiger charge is -2.33. The van der Waals surface area contributed by atoms with Crippen LogP contribution in [0.1, 0.15) is 51.9 Å². The Morgan fingerprint density at radius 1 is 1.36 bits per heavy atom. The van der Waals surface area contributed by atoms with Crippen molar-refractivity contribution in [3.8, 4) is 0 Å². The Balaban J connectivity index is 2.29. The third-order valence-corrected chi connectivity index (χ3v) is 3.55. The predicted molar refractivity (Wildman–Crippen MR) is 65.7 cm³/mol. The normalized spacial score (nSPS) is 20.4. The number of esters is 1. The quantitative estimate of drug-likeness (QED) is 0.451. The summed E-state index contributed by atoms with van der Waals surface area (Å²) in [6.45, 7) is 2.08. The van der Waals surface area contributed by atoms with E-state index in [0.717, 1.165) is 23.7 Å².